The summed E-state index contributed by atoms with van der Waals surface area (Å²) in [7, 11) is 1.41. The molecular formula is C20H26N2O3. The monoisotopic (exact) mass is 342 g/mol. The van der Waals surface area contributed by atoms with Crippen molar-refractivity contribution in [2.75, 3.05) is 25.1 Å². The molecule has 0 unspecified atom stereocenters. The van der Waals surface area contributed by atoms with Crippen LogP contribution in [-0.4, -0.2) is 32.1 Å². The first-order chi connectivity index (χ1) is 12.2. The standard InChI is InChI=1S/C20H26N2O3/c1-25-20(24)17-8-5-7-16(13-17)19(23)21-14-15-6-4-9-18(12-15)22-10-2-3-11-22/h2-4,6,9,12,16-17H,5,7-8,10-11,13-14H2,1H3,(H,21,23)/t16-,17-/m0/s1. The number of esters is 1. The second-order valence-corrected chi connectivity index (χ2v) is 6.85. The van der Waals surface area contributed by atoms with Gasteiger partial charge in [0.1, 0.15) is 0 Å². The van der Waals surface area contributed by atoms with Gasteiger partial charge in [0.15, 0.2) is 0 Å². The summed E-state index contributed by atoms with van der Waals surface area (Å²) in [5.74, 6) is -0.379. The van der Waals surface area contributed by atoms with Crippen molar-refractivity contribution in [3.63, 3.8) is 0 Å². The van der Waals surface area contributed by atoms with Crippen molar-refractivity contribution in [2.45, 2.75) is 32.2 Å². The van der Waals surface area contributed by atoms with Crippen molar-refractivity contribution in [2.24, 2.45) is 11.8 Å². The van der Waals surface area contributed by atoms with Crippen LogP contribution >= 0.6 is 0 Å². The predicted molar refractivity (Wildman–Crippen MR) is 97.1 cm³/mol. The Hall–Kier alpha value is -2.30. The number of benzene rings is 1. The van der Waals surface area contributed by atoms with Gasteiger partial charge in [0, 0.05) is 31.2 Å². The fraction of sp³-hybridized carbons (Fsp3) is 0.500. The largest absolute Gasteiger partial charge is 0.469 e. The summed E-state index contributed by atoms with van der Waals surface area (Å²) < 4.78 is 4.83. The number of hydrogen-bond donors (Lipinski definition) is 1. The molecule has 2 atom stereocenters. The van der Waals surface area contributed by atoms with Crippen molar-refractivity contribution in [3.05, 3.63) is 42.0 Å². The van der Waals surface area contributed by atoms with Crippen molar-refractivity contribution in [1.29, 1.82) is 0 Å². The summed E-state index contributed by atoms with van der Waals surface area (Å²) in [5.41, 5.74) is 2.28. The molecule has 1 aromatic carbocycles. The molecule has 134 valence electrons. The van der Waals surface area contributed by atoms with Gasteiger partial charge in [-0.2, -0.15) is 0 Å². The van der Waals surface area contributed by atoms with Gasteiger partial charge in [0.25, 0.3) is 0 Å². The van der Waals surface area contributed by atoms with Gasteiger partial charge in [-0.05, 0) is 37.0 Å². The van der Waals surface area contributed by atoms with Gasteiger partial charge in [-0.3, -0.25) is 9.59 Å². The van der Waals surface area contributed by atoms with Crippen LogP contribution in [0.2, 0.25) is 0 Å². The highest BCUT2D eigenvalue weighted by molar-refractivity contribution is 5.80. The number of anilines is 1. The van der Waals surface area contributed by atoms with Crippen molar-refractivity contribution in [3.8, 4) is 0 Å². The van der Waals surface area contributed by atoms with Crippen LogP contribution in [0.15, 0.2) is 36.4 Å². The van der Waals surface area contributed by atoms with Crippen LogP contribution < -0.4 is 10.2 Å². The Morgan fingerprint density at radius 3 is 2.72 bits per heavy atom. The zero-order chi connectivity index (χ0) is 17.6. The molecule has 0 radical (unpaired) electrons. The lowest BCUT2D eigenvalue weighted by atomic mass is 9.81. The number of rotatable bonds is 5. The average Bonchev–Trinajstić information content (AvgIpc) is 3.20. The van der Waals surface area contributed by atoms with Gasteiger partial charge < -0.3 is 15.0 Å². The van der Waals surface area contributed by atoms with E-state index in [4.69, 9.17) is 4.74 Å². The van der Waals surface area contributed by atoms with E-state index in [2.05, 4.69) is 34.5 Å². The lowest BCUT2D eigenvalue weighted by molar-refractivity contribution is -0.147. The highest BCUT2D eigenvalue weighted by Crippen LogP contribution is 2.30. The zero-order valence-electron chi connectivity index (χ0n) is 14.7. The van der Waals surface area contributed by atoms with E-state index in [1.54, 1.807) is 0 Å². The second kappa shape index (κ2) is 8.19. The normalized spacial score (nSPS) is 22.7. The Morgan fingerprint density at radius 2 is 1.96 bits per heavy atom. The molecule has 1 heterocycles. The number of hydrogen-bond acceptors (Lipinski definition) is 4. The number of nitrogens with zero attached hydrogens (tertiary/aromatic N) is 1. The molecule has 1 fully saturated rings. The Labute approximate surface area is 149 Å². The first kappa shape index (κ1) is 17.5. The molecular weight excluding hydrogens is 316 g/mol. The van der Waals surface area contributed by atoms with E-state index < -0.39 is 0 Å². The summed E-state index contributed by atoms with van der Waals surface area (Å²) in [6, 6.07) is 8.29. The van der Waals surface area contributed by atoms with Gasteiger partial charge in [-0.15, -0.1) is 0 Å². The number of amides is 1. The number of ether oxygens (including phenoxy) is 1. The molecule has 1 aliphatic carbocycles. The third kappa shape index (κ3) is 4.41. The molecule has 5 nitrogen and oxygen atoms in total. The summed E-state index contributed by atoms with van der Waals surface area (Å²) >= 11 is 0. The van der Waals surface area contributed by atoms with Crippen molar-refractivity contribution in [1.82, 2.24) is 5.32 Å². The van der Waals surface area contributed by atoms with E-state index in [9.17, 15) is 9.59 Å². The highest BCUT2D eigenvalue weighted by Gasteiger charge is 2.31. The minimum atomic E-state index is -0.190. The lowest BCUT2D eigenvalue weighted by Gasteiger charge is -2.26. The average molecular weight is 342 g/mol. The molecule has 1 aromatic rings. The first-order valence-corrected chi connectivity index (χ1v) is 9.02. The van der Waals surface area contributed by atoms with Gasteiger partial charge in [-0.1, -0.05) is 30.7 Å². The number of nitrogens with one attached hydrogen (secondary N) is 1. The SMILES string of the molecule is COC(=O)[C@H]1CCC[C@H](C(=O)NCc2cccc(N3CC=CC3)c2)C1. The molecule has 3 rings (SSSR count). The fourth-order valence-corrected chi connectivity index (χ4v) is 3.69. The Kier molecular flexibility index (Phi) is 5.74. The number of carbonyl (C=O) groups excluding carboxylic acids is 2. The molecule has 1 amide bonds. The molecule has 0 aromatic heterocycles. The van der Waals surface area contributed by atoms with Gasteiger partial charge in [-0.25, -0.2) is 0 Å². The number of methoxy groups -OCH3 is 1. The van der Waals surface area contributed by atoms with E-state index in [-0.39, 0.29) is 23.7 Å². The summed E-state index contributed by atoms with van der Waals surface area (Å²) in [6.07, 6.45) is 7.49. The second-order valence-electron chi connectivity index (χ2n) is 6.85. The third-order valence-electron chi connectivity index (χ3n) is 5.14. The maximum Gasteiger partial charge on any atom is 0.308 e. The van der Waals surface area contributed by atoms with E-state index in [0.29, 0.717) is 13.0 Å². The van der Waals surface area contributed by atoms with Crippen LogP contribution in [0.5, 0.6) is 0 Å². The fourth-order valence-electron chi connectivity index (χ4n) is 3.69. The molecule has 5 heteroatoms. The zero-order valence-corrected chi connectivity index (χ0v) is 14.7. The van der Waals surface area contributed by atoms with Crippen LogP contribution in [0.1, 0.15) is 31.2 Å². The molecule has 0 bridgehead atoms. The molecule has 1 saturated carbocycles. The first-order valence-electron chi connectivity index (χ1n) is 9.02. The molecule has 0 spiro atoms. The van der Waals surface area contributed by atoms with Gasteiger partial charge in [0.2, 0.25) is 5.91 Å². The van der Waals surface area contributed by atoms with Gasteiger partial charge >= 0.3 is 5.97 Å². The van der Waals surface area contributed by atoms with Crippen LogP contribution in [0, 0.1) is 11.8 Å². The summed E-state index contributed by atoms with van der Waals surface area (Å²) in [5, 5.41) is 3.04. The molecule has 25 heavy (non-hydrogen) atoms. The maximum absolute atomic E-state index is 12.5. The molecule has 2 aliphatic rings. The maximum atomic E-state index is 12.5. The van der Waals surface area contributed by atoms with Crippen LogP contribution in [0.3, 0.4) is 0 Å². The van der Waals surface area contributed by atoms with E-state index in [0.717, 1.165) is 37.9 Å². The molecule has 1 N–H and O–H groups in total. The lowest BCUT2D eigenvalue weighted by Crippen LogP contribution is -2.35. The van der Waals surface area contributed by atoms with Crippen LogP contribution in [0.25, 0.3) is 0 Å². The van der Waals surface area contributed by atoms with E-state index in [1.807, 2.05) is 12.1 Å². The van der Waals surface area contributed by atoms with Gasteiger partial charge in [0.05, 0.1) is 13.0 Å². The van der Waals surface area contributed by atoms with E-state index >= 15 is 0 Å². The quantitative estimate of drug-likeness (QED) is 0.660. The smallest absolute Gasteiger partial charge is 0.308 e. The Bertz CT molecular complexity index is 648. The minimum Gasteiger partial charge on any atom is -0.469 e. The number of carbonyl (C=O) groups is 2. The summed E-state index contributed by atoms with van der Waals surface area (Å²) in [6.45, 7) is 2.40. The molecule has 0 saturated heterocycles. The van der Waals surface area contributed by atoms with Crippen LogP contribution in [-0.2, 0) is 20.9 Å². The topological polar surface area (TPSA) is 58.6 Å². The van der Waals surface area contributed by atoms with E-state index in [1.165, 1.54) is 12.8 Å². The Morgan fingerprint density at radius 1 is 1.20 bits per heavy atom. The van der Waals surface area contributed by atoms with Crippen LogP contribution in [0.4, 0.5) is 5.69 Å². The minimum absolute atomic E-state index is 0.0434. The van der Waals surface area contributed by atoms with Crippen molar-refractivity contribution >= 4 is 17.6 Å². The summed E-state index contributed by atoms with van der Waals surface area (Å²) in [4.78, 5) is 26.5. The highest BCUT2D eigenvalue weighted by atomic mass is 16.5. The Balaban J connectivity index is 1.53. The third-order valence-corrected chi connectivity index (χ3v) is 5.14. The van der Waals surface area contributed by atoms with Crippen molar-refractivity contribution < 1.29 is 14.3 Å². The predicted octanol–water partition coefficient (Wildman–Crippen LogP) is 2.66. The molecule has 1 aliphatic heterocycles.